The number of quaternary nitrogens is 1. The second-order valence-corrected chi connectivity index (χ2v) is 14.5. The molecule has 0 aromatic carbocycles. The largest absolute Gasteiger partial charge is 0.477 e. The van der Waals surface area contributed by atoms with Crippen LogP contribution in [-0.2, 0) is 28.6 Å². The molecule has 0 radical (unpaired) electrons. The van der Waals surface area contributed by atoms with Gasteiger partial charge < -0.3 is 23.8 Å². The van der Waals surface area contributed by atoms with Crippen molar-refractivity contribution in [3.05, 3.63) is 24.3 Å². The molecule has 0 heterocycles. The Morgan fingerprint density at radius 1 is 0.592 bits per heavy atom. The van der Waals surface area contributed by atoms with Crippen molar-refractivity contribution < 1.29 is 38.2 Å². The molecule has 0 aliphatic heterocycles. The lowest BCUT2D eigenvalue weighted by molar-refractivity contribution is -0.887. The number of likely N-dealkylation sites (N-methyl/N-ethyl adjacent to an activating group) is 1. The molecular weight excluding hydrogens is 618 g/mol. The zero-order valence-corrected chi connectivity index (χ0v) is 32.4. The summed E-state index contributed by atoms with van der Waals surface area (Å²) in [7, 11) is 5.51. The number of rotatable bonds is 35. The molecule has 0 saturated carbocycles. The van der Waals surface area contributed by atoms with E-state index in [1.54, 1.807) is 0 Å². The minimum atomic E-state index is -0.879. The zero-order chi connectivity index (χ0) is 36.4. The number of allylic oxidation sites excluding steroid dienone is 4. The predicted molar refractivity (Wildman–Crippen MR) is 202 cm³/mol. The Hall–Kier alpha value is -2.19. The van der Waals surface area contributed by atoms with Gasteiger partial charge in [0, 0.05) is 19.3 Å². The summed E-state index contributed by atoms with van der Waals surface area (Å²) >= 11 is 0. The van der Waals surface area contributed by atoms with Crippen molar-refractivity contribution >= 4 is 17.9 Å². The van der Waals surface area contributed by atoms with Gasteiger partial charge in [0.2, 0.25) is 0 Å². The highest BCUT2D eigenvalue weighted by Gasteiger charge is 2.31. The molecule has 0 amide bonds. The van der Waals surface area contributed by atoms with Gasteiger partial charge in [-0.2, -0.15) is 0 Å². The predicted octanol–water partition coefficient (Wildman–Crippen LogP) is 10.1. The first kappa shape index (κ1) is 46.8. The first-order valence-electron chi connectivity index (χ1n) is 19.9. The van der Waals surface area contributed by atoms with Crippen molar-refractivity contribution in [2.45, 2.75) is 180 Å². The van der Waals surface area contributed by atoms with E-state index in [1.807, 2.05) is 21.1 Å². The molecular formula is C41H76NO7+. The molecule has 2 atom stereocenters. The average Bonchev–Trinajstić information content (AvgIpc) is 3.05. The third-order valence-electron chi connectivity index (χ3n) is 8.82. The average molecular weight is 695 g/mol. The Kier molecular flexibility index (Phi) is 31.5. The summed E-state index contributed by atoms with van der Waals surface area (Å²) in [5.74, 6) is -1.50. The van der Waals surface area contributed by atoms with Crippen molar-refractivity contribution in [3.8, 4) is 0 Å². The minimum absolute atomic E-state index is 0.0545. The fourth-order valence-electron chi connectivity index (χ4n) is 5.65. The van der Waals surface area contributed by atoms with Gasteiger partial charge in [0.05, 0.1) is 34.4 Å². The van der Waals surface area contributed by atoms with Gasteiger partial charge in [0.15, 0.2) is 12.1 Å². The minimum Gasteiger partial charge on any atom is -0.477 e. The first-order valence-corrected chi connectivity index (χ1v) is 19.9. The molecule has 49 heavy (non-hydrogen) atoms. The number of unbranched alkanes of at least 4 members (excludes halogenated alkanes) is 17. The number of aliphatic carboxylic acids is 1. The Balaban J connectivity index is 4.44. The van der Waals surface area contributed by atoms with Crippen LogP contribution in [0.1, 0.15) is 168 Å². The number of nitrogens with zero attached hydrogens (tertiary/aromatic N) is 1. The summed E-state index contributed by atoms with van der Waals surface area (Å²) < 4.78 is 17.2. The van der Waals surface area contributed by atoms with Gasteiger partial charge in [0.1, 0.15) is 6.61 Å². The summed E-state index contributed by atoms with van der Waals surface area (Å²) in [4.78, 5) is 36.8. The molecule has 0 aromatic rings. The van der Waals surface area contributed by atoms with Gasteiger partial charge in [-0.15, -0.1) is 0 Å². The third-order valence-corrected chi connectivity index (χ3v) is 8.82. The lowest BCUT2D eigenvalue weighted by atomic mass is 10.1. The molecule has 2 unspecified atom stereocenters. The van der Waals surface area contributed by atoms with E-state index < -0.39 is 18.1 Å². The SMILES string of the molecule is CCCC/C=C/CCCCCCCC(=O)OCC(COCCC(C(=O)O)[N+](C)(C)C)OC(=O)CCCCC/C=C/CCCCCCCCC. The van der Waals surface area contributed by atoms with E-state index in [2.05, 4.69) is 38.2 Å². The number of ether oxygens (including phenoxy) is 3. The van der Waals surface area contributed by atoms with Gasteiger partial charge in [0.25, 0.3) is 0 Å². The maximum Gasteiger partial charge on any atom is 0.362 e. The summed E-state index contributed by atoms with van der Waals surface area (Å²) in [6, 6.07) is -0.615. The Bertz CT molecular complexity index is 864. The molecule has 0 saturated heterocycles. The number of carboxylic acids is 1. The smallest absolute Gasteiger partial charge is 0.362 e. The van der Waals surface area contributed by atoms with Crippen LogP contribution < -0.4 is 0 Å². The van der Waals surface area contributed by atoms with Crippen molar-refractivity contribution in [2.24, 2.45) is 0 Å². The molecule has 8 nitrogen and oxygen atoms in total. The van der Waals surface area contributed by atoms with Crippen molar-refractivity contribution in [1.29, 1.82) is 0 Å². The summed E-state index contributed by atoms with van der Waals surface area (Å²) in [6.45, 7) is 4.66. The summed E-state index contributed by atoms with van der Waals surface area (Å²) in [5.41, 5.74) is 0. The number of esters is 2. The monoisotopic (exact) mass is 695 g/mol. The Morgan fingerprint density at radius 3 is 1.55 bits per heavy atom. The van der Waals surface area contributed by atoms with Crippen LogP contribution >= 0.6 is 0 Å². The van der Waals surface area contributed by atoms with Crippen LogP contribution in [0.25, 0.3) is 0 Å². The van der Waals surface area contributed by atoms with Crippen molar-refractivity contribution in [3.63, 3.8) is 0 Å². The lowest BCUT2D eigenvalue weighted by Crippen LogP contribution is -2.50. The van der Waals surface area contributed by atoms with Gasteiger partial charge in [-0.3, -0.25) is 9.59 Å². The number of carbonyl (C=O) groups is 3. The molecule has 0 aliphatic carbocycles. The van der Waals surface area contributed by atoms with Crippen LogP contribution in [0.4, 0.5) is 0 Å². The van der Waals surface area contributed by atoms with Gasteiger partial charge in [-0.25, -0.2) is 4.79 Å². The molecule has 286 valence electrons. The van der Waals surface area contributed by atoms with Gasteiger partial charge in [-0.05, 0) is 57.8 Å². The molecule has 0 spiro atoms. The van der Waals surface area contributed by atoms with E-state index in [0.29, 0.717) is 19.3 Å². The van der Waals surface area contributed by atoms with Crippen LogP contribution in [0.2, 0.25) is 0 Å². The second kappa shape index (κ2) is 33.0. The first-order chi connectivity index (χ1) is 23.6. The second-order valence-electron chi connectivity index (χ2n) is 14.5. The number of carbonyl (C=O) groups excluding carboxylic acids is 2. The number of carboxylic acid groups (broad SMARTS) is 1. The van der Waals surface area contributed by atoms with Crippen LogP contribution in [0.15, 0.2) is 24.3 Å². The highest BCUT2D eigenvalue weighted by Crippen LogP contribution is 2.13. The van der Waals surface area contributed by atoms with Crippen molar-refractivity contribution in [2.75, 3.05) is 41.0 Å². The third kappa shape index (κ3) is 31.5. The number of hydrogen-bond acceptors (Lipinski definition) is 6. The molecule has 0 aliphatic rings. The van der Waals surface area contributed by atoms with Crippen LogP contribution in [0.3, 0.4) is 0 Å². The number of hydrogen-bond donors (Lipinski definition) is 1. The highest BCUT2D eigenvalue weighted by atomic mass is 16.6. The van der Waals surface area contributed by atoms with E-state index in [1.165, 1.54) is 70.6 Å². The van der Waals surface area contributed by atoms with E-state index >= 15 is 0 Å². The van der Waals surface area contributed by atoms with Crippen LogP contribution in [0.5, 0.6) is 0 Å². The highest BCUT2D eigenvalue weighted by molar-refractivity contribution is 5.72. The van der Waals surface area contributed by atoms with Gasteiger partial charge in [-0.1, -0.05) is 115 Å². The van der Waals surface area contributed by atoms with E-state index in [0.717, 1.165) is 64.2 Å². The quantitative estimate of drug-likeness (QED) is 0.0305. The molecule has 1 N–H and O–H groups in total. The van der Waals surface area contributed by atoms with E-state index in [4.69, 9.17) is 14.2 Å². The normalized spacial score (nSPS) is 13.2. The fourth-order valence-corrected chi connectivity index (χ4v) is 5.65. The van der Waals surface area contributed by atoms with Crippen LogP contribution in [-0.4, -0.2) is 80.6 Å². The molecule has 0 rings (SSSR count). The summed E-state index contributed by atoms with van der Waals surface area (Å²) in [6.07, 6.45) is 33.6. The van der Waals surface area contributed by atoms with E-state index in [-0.39, 0.29) is 36.2 Å². The lowest BCUT2D eigenvalue weighted by Gasteiger charge is -2.31. The molecule has 0 fully saturated rings. The van der Waals surface area contributed by atoms with E-state index in [9.17, 15) is 19.5 Å². The molecule has 8 heteroatoms. The molecule has 0 aromatic heterocycles. The fraction of sp³-hybridized carbons (Fsp3) is 0.829. The van der Waals surface area contributed by atoms with Crippen molar-refractivity contribution in [1.82, 2.24) is 0 Å². The topological polar surface area (TPSA) is 99.1 Å². The standard InChI is InChI=1S/C41H75NO7/c1-6-8-10-12-14-16-18-19-20-22-24-26-28-30-32-40(44)49-37(35-47-34-33-38(41(45)46)42(3,4)5)36-48-39(43)31-29-27-25-23-21-17-15-13-11-9-7-2/h13,15,20,22,37-38H,6-12,14,16-19,21,23-36H2,1-5H3/p+1/b15-13+,22-20+. The zero-order valence-electron chi connectivity index (χ0n) is 32.4. The Labute approximate surface area is 301 Å². The Morgan fingerprint density at radius 2 is 1.04 bits per heavy atom. The van der Waals surface area contributed by atoms with Gasteiger partial charge >= 0.3 is 17.9 Å². The van der Waals surface area contributed by atoms with Crippen LogP contribution in [0, 0.1) is 0 Å². The maximum atomic E-state index is 12.6. The summed E-state index contributed by atoms with van der Waals surface area (Å²) in [5, 5.41) is 9.58. The maximum absolute atomic E-state index is 12.6. The molecule has 0 bridgehead atoms.